The lowest BCUT2D eigenvalue weighted by molar-refractivity contribution is -0.929. The molecule has 0 spiro atoms. The van der Waals surface area contributed by atoms with Gasteiger partial charge in [0.05, 0.1) is 26.4 Å². The van der Waals surface area contributed by atoms with E-state index in [-0.39, 0.29) is 17.0 Å². The summed E-state index contributed by atoms with van der Waals surface area (Å²) in [4.78, 5) is 0. The predicted molar refractivity (Wildman–Crippen MR) is 233 cm³/mol. The molecule has 0 radical (unpaired) electrons. The van der Waals surface area contributed by atoms with Gasteiger partial charge in [-0.15, -0.1) is 17.0 Å². The van der Waals surface area contributed by atoms with Gasteiger partial charge in [0.15, 0.2) is 0 Å². The minimum absolute atomic E-state index is 0. The van der Waals surface area contributed by atoms with Crippen LogP contribution in [0.15, 0.2) is 0 Å². The molecule has 0 aliphatic heterocycles. The molecule has 0 bridgehead atoms. The molecular weight excluding hydrogens is 694 g/mol. The highest BCUT2D eigenvalue weighted by Crippen LogP contribution is 2.16. The van der Waals surface area contributed by atoms with Crippen LogP contribution in [0.2, 0.25) is 0 Å². The van der Waals surface area contributed by atoms with Crippen LogP contribution >= 0.6 is 17.0 Å². The van der Waals surface area contributed by atoms with Crippen molar-refractivity contribution in [2.45, 2.75) is 233 Å². The molecule has 0 heterocycles. The maximum Gasteiger partial charge on any atom is 0.103 e. The van der Waals surface area contributed by atoms with Crippen molar-refractivity contribution in [3.63, 3.8) is 0 Å². The predicted octanol–water partition coefficient (Wildman–Crippen LogP) is 15.0. The molecule has 0 saturated carbocycles. The molecule has 0 rings (SSSR count). The van der Waals surface area contributed by atoms with E-state index in [4.69, 9.17) is 14.2 Å². The molecule has 51 heavy (non-hydrogen) atoms. The Labute approximate surface area is 333 Å². The quantitative estimate of drug-likeness (QED) is 0.0454. The van der Waals surface area contributed by atoms with Crippen molar-refractivity contribution in [2.75, 3.05) is 65.8 Å². The summed E-state index contributed by atoms with van der Waals surface area (Å²) in [6, 6.07) is 0. The monoisotopic (exact) mass is 791 g/mol. The zero-order valence-electron chi connectivity index (χ0n) is 35.8. The van der Waals surface area contributed by atoms with Crippen LogP contribution in [0.1, 0.15) is 233 Å². The molecular formula is C46H97BrNO3+. The topological polar surface area (TPSA) is 27.7 Å². The first-order valence-corrected chi connectivity index (χ1v) is 23.3. The van der Waals surface area contributed by atoms with Crippen molar-refractivity contribution in [1.29, 1.82) is 0 Å². The van der Waals surface area contributed by atoms with Gasteiger partial charge in [-0.3, -0.25) is 0 Å². The number of hydrogen-bond acceptors (Lipinski definition) is 3. The number of halogens is 1. The van der Waals surface area contributed by atoms with Crippen LogP contribution < -0.4 is 0 Å². The van der Waals surface area contributed by atoms with E-state index in [9.17, 15) is 0 Å². The number of quaternary nitrogens is 1. The zero-order valence-corrected chi connectivity index (χ0v) is 37.5. The van der Waals surface area contributed by atoms with Gasteiger partial charge in [-0.25, -0.2) is 0 Å². The van der Waals surface area contributed by atoms with Crippen LogP contribution in [-0.4, -0.2) is 70.3 Å². The summed E-state index contributed by atoms with van der Waals surface area (Å²) in [5.41, 5.74) is 0. The fourth-order valence-corrected chi connectivity index (χ4v) is 7.35. The standard InChI is InChI=1S/C46H96NO3.BrH/c1-5-9-13-17-21-25-29-33-37-47(38-44-48-41-34-30-26-22-18-14-10-6-2,39-45-49-42-35-31-27-23-19-15-11-7-3)40-46-50-43-36-32-28-24-20-16-12-8-4;/h5-46H2,1-4H3;1H/q+1;. The minimum Gasteiger partial charge on any atom is -0.376 e. The molecule has 0 aromatic carbocycles. The van der Waals surface area contributed by atoms with Gasteiger partial charge >= 0.3 is 0 Å². The van der Waals surface area contributed by atoms with Gasteiger partial charge in [-0.05, 0) is 32.1 Å². The average molecular weight is 792 g/mol. The molecule has 0 fully saturated rings. The summed E-state index contributed by atoms with van der Waals surface area (Å²) in [5.74, 6) is 0. The minimum atomic E-state index is 0. The zero-order chi connectivity index (χ0) is 36.3. The van der Waals surface area contributed by atoms with E-state index < -0.39 is 0 Å². The summed E-state index contributed by atoms with van der Waals surface area (Å²) in [6.45, 7) is 19.2. The summed E-state index contributed by atoms with van der Waals surface area (Å²) in [5, 5.41) is 0. The maximum absolute atomic E-state index is 6.33. The van der Waals surface area contributed by atoms with Crippen molar-refractivity contribution in [2.24, 2.45) is 0 Å². The second kappa shape index (κ2) is 46.5. The number of ether oxygens (including phenoxy) is 3. The van der Waals surface area contributed by atoms with Crippen LogP contribution in [0.5, 0.6) is 0 Å². The van der Waals surface area contributed by atoms with Gasteiger partial charge in [0.2, 0.25) is 0 Å². The van der Waals surface area contributed by atoms with E-state index in [0.29, 0.717) is 0 Å². The molecule has 0 aromatic heterocycles. The Morgan fingerprint density at radius 1 is 0.235 bits per heavy atom. The second-order valence-electron chi connectivity index (χ2n) is 16.0. The van der Waals surface area contributed by atoms with Crippen molar-refractivity contribution in [3.05, 3.63) is 0 Å². The Morgan fingerprint density at radius 2 is 0.451 bits per heavy atom. The van der Waals surface area contributed by atoms with Gasteiger partial charge in [0.25, 0.3) is 0 Å². The molecule has 0 amide bonds. The highest BCUT2D eigenvalue weighted by atomic mass is 79.9. The van der Waals surface area contributed by atoms with E-state index >= 15 is 0 Å². The first kappa shape index (κ1) is 53.4. The first-order chi connectivity index (χ1) is 24.7. The molecule has 4 nitrogen and oxygen atoms in total. The first-order valence-electron chi connectivity index (χ1n) is 23.3. The fourth-order valence-electron chi connectivity index (χ4n) is 7.35. The van der Waals surface area contributed by atoms with Crippen LogP contribution in [0.4, 0.5) is 0 Å². The van der Waals surface area contributed by atoms with Gasteiger partial charge in [0, 0.05) is 19.8 Å². The molecule has 0 aliphatic carbocycles. The average Bonchev–Trinajstić information content (AvgIpc) is 3.13. The third kappa shape index (κ3) is 41.3. The van der Waals surface area contributed by atoms with Crippen molar-refractivity contribution < 1.29 is 18.7 Å². The largest absolute Gasteiger partial charge is 0.376 e. The van der Waals surface area contributed by atoms with E-state index in [1.807, 2.05) is 0 Å². The van der Waals surface area contributed by atoms with Crippen LogP contribution in [0, 0.1) is 0 Å². The molecule has 0 atom stereocenters. The normalized spacial score (nSPS) is 11.8. The molecule has 0 unspecified atom stereocenters. The maximum atomic E-state index is 6.33. The summed E-state index contributed by atoms with van der Waals surface area (Å²) in [6.07, 6.45) is 43.7. The van der Waals surface area contributed by atoms with E-state index in [0.717, 1.165) is 63.8 Å². The number of rotatable bonds is 45. The van der Waals surface area contributed by atoms with E-state index in [2.05, 4.69) is 27.7 Å². The van der Waals surface area contributed by atoms with Crippen LogP contribution in [-0.2, 0) is 14.2 Å². The van der Waals surface area contributed by atoms with Crippen molar-refractivity contribution in [3.8, 4) is 0 Å². The Kier molecular flexibility index (Phi) is 48.7. The van der Waals surface area contributed by atoms with Gasteiger partial charge in [-0.1, -0.05) is 201 Å². The highest BCUT2D eigenvalue weighted by molar-refractivity contribution is 8.93. The van der Waals surface area contributed by atoms with Crippen LogP contribution in [0.25, 0.3) is 0 Å². The number of nitrogens with zero attached hydrogens (tertiary/aromatic N) is 1. The molecule has 310 valence electrons. The molecule has 0 aromatic rings. The lowest BCUT2D eigenvalue weighted by Gasteiger charge is -2.39. The van der Waals surface area contributed by atoms with Gasteiger partial charge < -0.3 is 18.7 Å². The molecule has 5 heteroatoms. The lowest BCUT2D eigenvalue weighted by Crippen LogP contribution is -2.54. The SMILES string of the molecule is Br.CCCCCCCCCCOCC[N+](CCCCCCCCCC)(CCOCCCCCCCCCC)CCOCCCCCCCCCC. The molecule has 0 N–H and O–H groups in total. The smallest absolute Gasteiger partial charge is 0.103 e. The summed E-state index contributed by atoms with van der Waals surface area (Å²) in [7, 11) is 0. The highest BCUT2D eigenvalue weighted by Gasteiger charge is 2.27. The molecule has 0 aliphatic rings. The number of unbranched alkanes of at least 4 members (excludes halogenated alkanes) is 28. The van der Waals surface area contributed by atoms with Crippen molar-refractivity contribution in [1.82, 2.24) is 0 Å². The third-order valence-corrected chi connectivity index (χ3v) is 11.0. The van der Waals surface area contributed by atoms with E-state index in [1.54, 1.807) is 0 Å². The lowest BCUT2D eigenvalue weighted by atomic mass is 10.1. The van der Waals surface area contributed by atoms with E-state index in [1.165, 1.54) is 212 Å². The Balaban J connectivity index is 0. The second-order valence-corrected chi connectivity index (χ2v) is 16.0. The fraction of sp³-hybridized carbons (Fsp3) is 1.00. The van der Waals surface area contributed by atoms with Gasteiger partial charge in [0.1, 0.15) is 19.6 Å². The molecule has 0 saturated heterocycles. The van der Waals surface area contributed by atoms with Gasteiger partial charge in [-0.2, -0.15) is 0 Å². The summed E-state index contributed by atoms with van der Waals surface area (Å²) >= 11 is 0. The number of hydrogen-bond donors (Lipinski definition) is 0. The third-order valence-electron chi connectivity index (χ3n) is 11.0. The summed E-state index contributed by atoms with van der Waals surface area (Å²) < 4.78 is 20.1. The van der Waals surface area contributed by atoms with Crippen LogP contribution in [0.3, 0.4) is 0 Å². The Bertz CT molecular complexity index is 542. The van der Waals surface area contributed by atoms with Crippen molar-refractivity contribution >= 4 is 17.0 Å². The Hall–Kier alpha value is 0.320. The Morgan fingerprint density at radius 3 is 0.706 bits per heavy atom.